The van der Waals surface area contributed by atoms with Crippen molar-refractivity contribution in [3.05, 3.63) is 99.5 Å². The molecule has 2 amide bonds. The van der Waals surface area contributed by atoms with Crippen molar-refractivity contribution in [3.63, 3.8) is 0 Å². The number of carbonyl (C=O) groups is 2. The topological polar surface area (TPSA) is 71.8 Å². The van der Waals surface area contributed by atoms with Crippen molar-refractivity contribution in [1.29, 1.82) is 0 Å². The van der Waals surface area contributed by atoms with E-state index in [0.29, 0.717) is 32.7 Å². The van der Waals surface area contributed by atoms with E-state index in [-0.39, 0.29) is 29.4 Å². The third-order valence-corrected chi connectivity index (χ3v) is 6.10. The van der Waals surface area contributed by atoms with Crippen LogP contribution in [-0.4, -0.2) is 59.5 Å². The number of rotatable bonds is 6. The van der Waals surface area contributed by atoms with E-state index >= 15 is 0 Å². The highest BCUT2D eigenvalue weighted by molar-refractivity contribution is 5.94. The summed E-state index contributed by atoms with van der Waals surface area (Å²) < 4.78 is 6.79. The number of hydrogen-bond acceptors (Lipinski definition) is 4. The van der Waals surface area contributed by atoms with Gasteiger partial charge in [0.05, 0.1) is 20.1 Å². The summed E-state index contributed by atoms with van der Waals surface area (Å²) in [5.74, 6) is 0.445. The van der Waals surface area contributed by atoms with Crippen LogP contribution in [0.5, 0.6) is 5.75 Å². The van der Waals surface area contributed by atoms with Crippen molar-refractivity contribution >= 4 is 11.8 Å². The fourth-order valence-electron chi connectivity index (χ4n) is 4.23. The Hall–Kier alpha value is -3.87. The van der Waals surface area contributed by atoms with Crippen LogP contribution in [0, 0.1) is 6.92 Å². The van der Waals surface area contributed by atoms with Gasteiger partial charge in [0, 0.05) is 32.4 Å². The van der Waals surface area contributed by atoms with Crippen molar-refractivity contribution in [3.8, 4) is 5.75 Å². The monoisotopic (exact) mass is 459 g/mol. The number of benzene rings is 2. The minimum atomic E-state index is -0.300. The lowest BCUT2D eigenvalue weighted by Crippen LogP contribution is -2.51. The molecule has 3 aromatic rings. The number of methoxy groups -OCH3 is 1. The van der Waals surface area contributed by atoms with E-state index < -0.39 is 0 Å². The first-order chi connectivity index (χ1) is 16.4. The second-order valence-electron chi connectivity index (χ2n) is 8.55. The Labute approximate surface area is 199 Å². The van der Waals surface area contributed by atoms with Gasteiger partial charge in [-0.2, -0.15) is 0 Å². The zero-order chi connectivity index (χ0) is 24.1. The van der Waals surface area contributed by atoms with Gasteiger partial charge in [0.15, 0.2) is 0 Å². The molecule has 2 aromatic carbocycles. The zero-order valence-electron chi connectivity index (χ0n) is 19.6. The van der Waals surface area contributed by atoms with Crippen LogP contribution in [0.3, 0.4) is 0 Å². The summed E-state index contributed by atoms with van der Waals surface area (Å²) in [7, 11) is 1.60. The van der Waals surface area contributed by atoms with E-state index in [4.69, 9.17) is 4.74 Å². The Morgan fingerprint density at radius 2 is 1.59 bits per heavy atom. The van der Waals surface area contributed by atoms with Gasteiger partial charge >= 0.3 is 0 Å². The molecule has 0 aliphatic carbocycles. The number of ether oxygens (including phenoxy) is 1. The lowest BCUT2D eigenvalue weighted by atomic mass is 10.1. The van der Waals surface area contributed by atoms with Gasteiger partial charge in [-0.05, 0) is 42.3 Å². The molecule has 0 atom stereocenters. The van der Waals surface area contributed by atoms with Gasteiger partial charge in [0.25, 0.3) is 11.5 Å². The molecule has 0 spiro atoms. The number of pyridine rings is 1. The van der Waals surface area contributed by atoms with Crippen LogP contribution in [0.25, 0.3) is 0 Å². The van der Waals surface area contributed by atoms with E-state index in [1.54, 1.807) is 39.8 Å². The van der Waals surface area contributed by atoms with Gasteiger partial charge in [-0.25, -0.2) is 0 Å². The molecule has 1 saturated heterocycles. The van der Waals surface area contributed by atoms with Crippen molar-refractivity contribution in [2.45, 2.75) is 19.9 Å². The largest absolute Gasteiger partial charge is 0.497 e. The fraction of sp³-hybridized carbons (Fsp3) is 0.296. The molecule has 0 bridgehead atoms. The second kappa shape index (κ2) is 10.4. The average molecular weight is 460 g/mol. The molecule has 0 saturated carbocycles. The number of piperazine rings is 1. The lowest BCUT2D eigenvalue weighted by molar-refractivity contribution is -0.131. The van der Waals surface area contributed by atoms with Crippen LogP contribution >= 0.6 is 0 Å². The standard InChI is InChI=1S/C27H29N3O4/c1-20-6-3-8-22(16-20)19-30-11-5-10-24(27(30)33)26(32)29-14-12-28(13-15-29)25(31)18-21-7-4-9-23(17-21)34-2/h3-11,16-17H,12-15,18-19H2,1-2H3. The average Bonchev–Trinajstić information content (AvgIpc) is 2.85. The van der Waals surface area contributed by atoms with Crippen LogP contribution in [0.15, 0.2) is 71.7 Å². The van der Waals surface area contributed by atoms with Gasteiger partial charge < -0.3 is 19.1 Å². The van der Waals surface area contributed by atoms with E-state index in [0.717, 1.165) is 22.4 Å². The summed E-state index contributed by atoms with van der Waals surface area (Å²) in [6.07, 6.45) is 1.99. The Bertz CT molecular complexity index is 1240. The lowest BCUT2D eigenvalue weighted by Gasteiger charge is -2.34. The number of aromatic nitrogens is 1. The van der Waals surface area contributed by atoms with Crippen LogP contribution in [0.4, 0.5) is 0 Å². The van der Waals surface area contributed by atoms with E-state index in [9.17, 15) is 14.4 Å². The number of nitrogens with zero attached hydrogens (tertiary/aromatic N) is 3. The molecule has 1 aliphatic heterocycles. The number of hydrogen-bond donors (Lipinski definition) is 0. The molecule has 1 aromatic heterocycles. The van der Waals surface area contributed by atoms with Crippen LogP contribution in [-0.2, 0) is 17.8 Å². The third kappa shape index (κ3) is 5.36. The predicted octanol–water partition coefficient (Wildman–Crippen LogP) is 2.74. The number of carbonyl (C=O) groups excluding carboxylic acids is 2. The Kier molecular flexibility index (Phi) is 7.11. The predicted molar refractivity (Wildman–Crippen MR) is 130 cm³/mol. The fourth-order valence-corrected chi connectivity index (χ4v) is 4.23. The minimum Gasteiger partial charge on any atom is -0.497 e. The molecular weight excluding hydrogens is 430 g/mol. The summed E-state index contributed by atoms with van der Waals surface area (Å²) >= 11 is 0. The highest BCUT2D eigenvalue weighted by Gasteiger charge is 2.26. The summed E-state index contributed by atoms with van der Waals surface area (Å²) in [6.45, 7) is 4.10. The van der Waals surface area contributed by atoms with Crippen LogP contribution in [0.2, 0.25) is 0 Å². The molecule has 7 heteroatoms. The maximum absolute atomic E-state index is 13.1. The van der Waals surface area contributed by atoms with Crippen LogP contribution in [0.1, 0.15) is 27.0 Å². The smallest absolute Gasteiger partial charge is 0.263 e. The van der Waals surface area contributed by atoms with Gasteiger partial charge in [-0.1, -0.05) is 42.0 Å². The normalized spacial score (nSPS) is 13.6. The van der Waals surface area contributed by atoms with Gasteiger partial charge in [0.2, 0.25) is 5.91 Å². The van der Waals surface area contributed by atoms with Crippen molar-refractivity contribution in [1.82, 2.24) is 14.4 Å². The van der Waals surface area contributed by atoms with Crippen LogP contribution < -0.4 is 10.3 Å². The zero-order valence-corrected chi connectivity index (χ0v) is 19.6. The highest BCUT2D eigenvalue weighted by atomic mass is 16.5. The molecule has 34 heavy (non-hydrogen) atoms. The molecular formula is C27H29N3O4. The summed E-state index contributed by atoms with van der Waals surface area (Å²) in [5.41, 5.74) is 2.88. The SMILES string of the molecule is COc1cccc(CC(=O)N2CCN(C(=O)c3cccn(Cc4cccc(C)c4)c3=O)CC2)c1. The van der Waals surface area contributed by atoms with Crippen molar-refractivity contribution < 1.29 is 14.3 Å². The molecule has 0 unspecified atom stereocenters. The summed E-state index contributed by atoms with van der Waals surface area (Å²) in [4.78, 5) is 42.3. The molecule has 7 nitrogen and oxygen atoms in total. The Balaban J connectivity index is 1.38. The van der Waals surface area contributed by atoms with Gasteiger partial charge in [0.1, 0.15) is 11.3 Å². The van der Waals surface area contributed by atoms with E-state index in [1.165, 1.54) is 0 Å². The molecule has 1 aliphatic rings. The quantitative estimate of drug-likeness (QED) is 0.568. The minimum absolute atomic E-state index is 0.0144. The second-order valence-corrected chi connectivity index (χ2v) is 8.55. The van der Waals surface area contributed by atoms with Gasteiger partial charge in [-0.15, -0.1) is 0 Å². The Morgan fingerprint density at radius 1 is 0.882 bits per heavy atom. The van der Waals surface area contributed by atoms with E-state index in [2.05, 4.69) is 0 Å². The summed E-state index contributed by atoms with van der Waals surface area (Å²) in [6, 6.07) is 18.7. The maximum atomic E-state index is 13.1. The molecule has 2 heterocycles. The first-order valence-electron chi connectivity index (χ1n) is 11.4. The molecule has 0 N–H and O–H groups in total. The summed E-state index contributed by atoms with van der Waals surface area (Å²) in [5, 5.41) is 0. The molecule has 176 valence electrons. The molecule has 4 rings (SSSR count). The first-order valence-corrected chi connectivity index (χ1v) is 11.4. The van der Waals surface area contributed by atoms with Crippen molar-refractivity contribution in [2.24, 2.45) is 0 Å². The first kappa shape index (κ1) is 23.3. The Morgan fingerprint density at radius 3 is 2.32 bits per heavy atom. The third-order valence-electron chi connectivity index (χ3n) is 6.10. The molecule has 1 fully saturated rings. The highest BCUT2D eigenvalue weighted by Crippen LogP contribution is 2.15. The van der Waals surface area contributed by atoms with Gasteiger partial charge in [-0.3, -0.25) is 14.4 Å². The number of aryl methyl sites for hydroxylation is 1. The van der Waals surface area contributed by atoms with E-state index in [1.807, 2.05) is 55.5 Å². The van der Waals surface area contributed by atoms with Crippen molar-refractivity contribution in [2.75, 3.05) is 33.3 Å². The molecule has 0 radical (unpaired) electrons. The number of amides is 2. The maximum Gasteiger partial charge on any atom is 0.263 e.